The lowest BCUT2D eigenvalue weighted by Gasteiger charge is -2.37. The average molecular weight is 366 g/mol. The molecule has 26 heavy (non-hydrogen) atoms. The molecule has 1 aliphatic heterocycles. The molecule has 1 aromatic heterocycles. The molecule has 5 heteroatoms. The molecular weight excluding hydrogens is 346 g/mol. The molecule has 1 aliphatic rings. The first kappa shape index (κ1) is 16.7. The Labute approximate surface area is 158 Å². The Kier molecular flexibility index (Phi) is 4.43. The summed E-state index contributed by atoms with van der Waals surface area (Å²) in [6.45, 7) is 3.46. The lowest BCUT2D eigenvalue weighted by molar-refractivity contribution is 0.182. The summed E-state index contributed by atoms with van der Waals surface area (Å²) < 4.78 is 2.20. The van der Waals surface area contributed by atoms with E-state index in [0.717, 1.165) is 29.1 Å². The Morgan fingerprint density at radius 3 is 2.50 bits per heavy atom. The van der Waals surface area contributed by atoms with E-state index in [1.165, 1.54) is 0 Å². The second-order valence-corrected chi connectivity index (χ2v) is 7.01. The molecule has 2 amide bonds. The van der Waals surface area contributed by atoms with Crippen molar-refractivity contribution in [2.24, 2.45) is 0 Å². The minimum absolute atomic E-state index is 0.0961. The highest BCUT2D eigenvalue weighted by atomic mass is 35.5. The summed E-state index contributed by atoms with van der Waals surface area (Å²) in [5.74, 6) is 0. The van der Waals surface area contributed by atoms with Crippen LogP contribution in [-0.4, -0.2) is 22.0 Å². The van der Waals surface area contributed by atoms with Gasteiger partial charge in [0.25, 0.3) is 0 Å². The van der Waals surface area contributed by atoms with Crippen molar-refractivity contribution in [3.63, 3.8) is 0 Å². The van der Waals surface area contributed by atoms with Crippen LogP contribution in [0.1, 0.15) is 22.9 Å². The maximum atomic E-state index is 13.0. The molecule has 0 spiro atoms. The van der Waals surface area contributed by atoms with E-state index in [-0.39, 0.29) is 12.1 Å². The highest BCUT2D eigenvalue weighted by molar-refractivity contribution is 6.30. The van der Waals surface area contributed by atoms with Crippen molar-refractivity contribution >= 4 is 23.3 Å². The van der Waals surface area contributed by atoms with Crippen LogP contribution in [0.5, 0.6) is 0 Å². The van der Waals surface area contributed by atoms with Gasteiger partial charge in [0.2, 0.25) is 0 Å². The van der Waals surface area contributed by atoms with Gasteiger partial charge in [-0.15, -0.1) is 0 Å². The van der Waals surface area contributed by atoms with Gasteiger partial charge in [0, 0.05) is 35.7 Å². The van der Waals surface area contributed by atoms with E-state index < -0.39 is 0 Å². The van der Waals surface area contributed by atoms with Crippen LogP contribution in [0, 0.1) is 6.92 Å². The molecule has 0 aliphatic carbocycles. The quantitative estimate of drug-likeness (QED) is 0.675. The van der Waals surface area contributed by atoms with Gasteiger partial charge in [-0.3, -0.25) is 0 Å². The number of halogens is 1. The molecule has 132 valence electrons. The van der Waals surface area contributed by atoms with E-state index in [9.17, 15) is 4.79 Å². The van der Waals surface area contributed by atoms with Crippen LogP contribution in [-0.2, 0) is 6.54 Å². The monoisotopic (exact) mass is 365 g/mol. The molecule has 4 rings (SSSR count). The largest absolute Gasteiger partial charge is 0.348 e. The lowest BCUT2D eigenvalue weighted by atomic mass is 10.0. The van der Waals surface area contributed by atoms with Crippen molar-refractivity contribution in [2.45, 2.75) is 19.5 Å². The molecule has 0 saturated heterocycles. The summed E-state index contributed by atoms with van der Waals surface area (Å²) in [6, 6.07) is 19.4. The van der Waals surface area contributed by atoms with Crippen LogP contribution >= 0.6 is 11.6 Å². The summed E-state index contributed by atoms with van der Waals surface area (Å²) >= 11 is 6.05. The standard InChI is InChI=1S/C21H20ClN3O/c1-15-4-10-18(11-5-15)23-21(26)25-14-13-24-12-2-3-19(24)20(25)16-6-8-17(22)9-7-16/h2-12,20H,13-14H2,1H3,(H,23,26). The summed E-state index contributed by atoms with van der Waals surface area (Å²) in [7, 11) is 0. The number of fused-ring (bicyclic) bond motifs is 1. The third-order valence-corrected chi connectivity index (χ3v) is 5.04. The van der Waals surface area contributed by atoms with Gasteiger partial charge in [0.05, 0.1) is 6.04 Å². The van der Waals surface area contributed by atoms with Crippen LogP contribution in [0.4, 0.5) is 10.5 Å². The minimum Gasteiger partial charge on any atom is -0.348 e. The number of nitrogens with one attached hydrogen (secondary N) is 1. The predicted molar refractivity (Wildman–Crippen MR) is 105 cm³/mol. The van der Waals surface area contributed by atoms with Crippen LogP contribution in [0.15, 0.2) is 66.9 Å². The highest BCUT2D eigenvalue weighted by Gasteiger charge is 2.32. The van der Waals surface area contributed by atoms with Gasteiger partial charge < -0.3 is 14.8 Å². The number of aryl methyl sites for hydroxylation is 1. The maximum absolute atomic E-state index is 13.0. The smallest absolute Gasteiger partial charge is 0.322 e. The Morgan fingerprint density at radius 2 is 1.77 bits per heavy atom. The molecule has 0 radical (unpaired) electrons. The maximum Gasteiger partial charge on any atom is 0.322 e. The molecule has 2 heterocycles. The van der Waals surface area contributed by atoms with Crippen molar-refractivity contribution in [1.29, 1.82) is 0 Å². The molecule has 1 atom stereocenters. The number of benzene rings is 2. The zero-order valence-electron chi connectivity index (χ0n) is 14.5. The number of amides is 2. The summed E-state index contributed by atoms with van der Waals surface area (Å²) in [6.07, 6.45) is 2.06. The van der Waals surface area contributed by atoms with Crippen molar-refractivity contribution in [2.75, 3.05) is 11.9 Å². The van der Waals surface area contributed by atoms with E-state index in [4.69, 9.17) is 11.6 Å². The van der Waals surface area contributed by atoms with Gasteiger partial charge in [0.15, 0.2) is 0 Å². The average Bonchev–Trinajstić information content (AvgIpc) is 3.12. The summed E-state index contributed by atoms with van der Waals surface area (Å²) in [4.78, 5) is 14.9. The molecule has 4 nitrogen and oxygen atoms in total. The molecule has 2 aromatic carbocycles. The fraction of sp³-hybridized carbons (Fsp3) is 0.190. The molecule has 0 saturated carbocycles. The normalized spacial score (nSPS) is 16.2. The van der Waals surface area contributed by atoms with Gasteiger partial charge in [-0.05, 0) is 48.9 Å². The van der Waals surface area contributed by atoms with E-state index in [1.54, 1.807) is 0 Å². The summed E-state index contributed by atoms with van der Waals surface area (Å²) in [5.41, 5.74) is 4.12. The van der Waals surface area contributed by atoms with Crippen molar-refractivity contribution < 1.29 is 4.79 Å². The molecular formula is C21H20ClN3O. The Morgan fingerprint density at radius 1 is 1.04 bits per heavy atom. The first-order valence-corrected chi connectivity index (χ1v) is 9.04. The van der Waals surface area contributed by atoms with E-state index in [2.05, 4.69) is 22.1 Å². The van der Waals surface area contributed by atoms with Crippen molar-refractivity contribution in [3.8, 4) is 0 Å². The van der Waals surface area contributed by atoms with Crippen molar-refractivity contribution in [3.05, 3.63) is 88.7 Å². The lowest BCUT2D eigenvalue weighted by Crippen LogP contribution is -2.44. The number of carbonyl (C=O) groups excluding carboxylic acids is 1. The molecule has 1 unspecified atom stereocenters. The van der Waals surface area contributed by atoms with E-state index in [1.807, 2.05) is 66.4 Å². The number of carbonyl (C=O) groups is 1. The van der Waals surface area contributed by atoms with Gasteiger partial charge in [-0.25, -0.2) is 4.79 Å². The predicted octanol–water partition coefficient (Wildman–Crippen LogP) is 5.09. The van der Waals surface area contributed by atoms with Gasteiger partial charge in [0.1, 0.15) is 0 Å². The number of anilines is 1. The number of urea groups is 1. The van der Waals surface area contributed by atoms with Crippen LogP contribution in [0.2, 0.25) is 5.02 Å². The Hall–Kier alpha value is -2.72. The van der Waals surface area contributed by atoms with E-state index in [0.29, 0.717) is 11.6 Å². The first-order chi connectivity index (χ1) is 12.6. The third-order valence-electron chi connectivity index (χ3n) is 4.79. The van der Waals surface area contributed by atoms with Gasteiger partial charge in [-0.1, -0.05) is 41.4 Å². The number of hydrogen-bond acceptors (Lipinski definition) is 1. The zero-order valence-corrected chi connectivity index (χ0v) is 15.3. The summed E-state index contributed by atoms with van der Waals surface area (Å²) in [5, 5.41) is 3.72. The Balaban J connectivity index is 1.66. The van der Waals surface area contributed by atoms with Crippen LogP contribution in [0.25, 0.3) is 0 Å². The van der Waals surface area contributed by atoms with Gasteiger partial charge >= 0.3 is 6.03 Å². The second kappa shape index (κ2) is 6.89. The first-order valence-electron chi connectivity index (χ1n) is 8.66. The van der Waals surface area contributed by atoms with Crippen molar-refractivity contribution in [1.82, 2.24) is 9.47 Å². The highest BCUT2D eigenvalue weighted by Crippen LogP contribution is 2.33. The number of nitrogens with zero attached hydrogens (tertiary/aromatic N) is 2. The SMILES string of the molecule is Cc1ccc(NC(=O)N2CCn3cccc3C2c2ccc(Cl)cc2)cc1. The Bertz CT molecular complexity index is 915. The molecule has 1 N–H and O–H groups in total. The van der Waals surface area contributed by atoms with Gasteiger partial charge in [-0.2, -0.15) is 0 Å². The minimum atomic E-state index is -0.138. The third kappa shape index (κ3) is 3.20. The second-order valence-electron chi connectivity index (χ2n) is 6.57. The molecule has 0 fully saturated rings. The van der Waals surface area contributed by atoms with Crippen LogP contribution in [0.3, 0.4) is 0 Å². The molecule has 3 aromatic rings. The number of hydrogen-bond donors (Lipinski definition) is 1. The zero-order chi connectivity index (χ0) is 18.1. The van der Waals surface area contributed by atoms with Crippen LogP contribution < -0.4 is 5.32 Å². The number of aromatic nitrogens is 1. The molecule has 0 bridgehead atoms. The topological polar surface area (TPSA) is 37.3 Å². The fourth-order valence-corrected chi connectivity index (χ4v) is 3.56. The number of rotatable bonds is 2. The van der Waals surface area contributed by atoms with E-state index >= 15 is 0 Å². The fourth-order valence-electron chi connectivity index (χ4n) is 3.43.